The molecular weight excluding hydrogens is 282 g/mol. The Labute approximate surface area is 121 Å². The second kappa shape index (κ2) is 6.80. The van der Waals surface area contributed by atoms with Gasteiger partial charge in [-0.05, 0) is 30.9 Å². The third-order valence-electron chi connectivity index (χ3n) is 3.32. The highest BCUT2D eigenvalue weighted by Gasteiger charge is 2.31. The molecule has 7 heteroatoms. The lowest BCUT2D eigenvalue weighted by Gasteiger charge is -2.21. The number of aliphatic hydroxyl groups excluding tert-OH is 1. The van der Waals surface area contributed by atoms with E-state index in [4.69, 9.17) is 4.74 Å². The van der Waals surface area contributed by atoms with Gasteiger partial charge in [0.05, 0.1) is 6.10 Å². The molecule has 0 saturated heterocycles. The van der Waals surface area contributed by atoms with Crippen LogP contribution in [0.15, 0.2) is 18.3 Å². The molecule has 1 unspecified atom stereocenters. The third-order valence-corrected chi connectivity index (χ3v) is 3.32. The number of carbonyl (C=O) groups is 1. The van der Waals surface area contributed by atoms with E-state index in [1.165, 1.54) is 23.2 Å². The lowest BCUT2D eigenvalue weighted by atomic mass is 10.2. The summed E-state index contributed by atoms with van der Waals surface area (Å²) < 4.78 is 29.3. The van der Waals surface area contributed by atoms with Crippen molar-refractivity contribution in [1.29, 1.82) is 0 Å². The van der Waals surface area contributed by atoms with Crippen LogP contribution in [0.5, 0.6) is 5.88 Å². The van der Waals surface area contributed by atoms with Gasteiger partial charge in [-0.15, -0.1) is 0 Å². The number of alkyl halides is 2. The number of hydrogen-bond acceptors (Lipinski definition) is 4. The quantitative estimate of drug-likeness (QED) is 0.830. The molecule has 0 radical (unpaired) electrons. The summed E-state index contributed by atoms with van der Waals surface area (Å²) in [7, 11) is 1.55. The van der Waals surface area contributed by atoms with Crippen LogP contribution < -0.4 is 4.74 Å². The van der Waals surface area contributed by atoms with Crippen LogP contribution in [0.2, 0.25) is 0 Å². The maximum Gasteiger partial charge on any atom is 0.272 e. The second-order valence-electron chi connectivity index (χ2n) is 5.15. The van der Waals surface area contributed by atoms with Crippen molar-refractivity contribution in [3.05, 3.63) is 23.9 Å². The van der Waals surface area contributed by atoms with E-state index in [0.29, 0.717) is 0 Å². The van der Waals surface area contributed by atoms with E-state index in [9.17, 15) is 18.7 Å². The van der Waals surface area contributed by atoms with Crippen LogP contribution in [0, 0.1) is 5.92 Å². The van der Waals surface area contributed by atoms with Crippen molar-refractivity contribution in [2.24, 2.45) is 5.92 Å². The fraction of sp³-hybridized carbons (Fsp3) is 0.571. The Kier molecular flexibility index (Phi) is 5.06. The zero-order valence-corrected chi connectivity index (χ0v) is 11.7. The van der Waals surface area contributed by atoms with Gasteiger partial charge < -0.3 is 14.7 Å². The molecule has 116 valence electrons. The second-order valence-corrected chi connectivity index (χ2v) is 5.15. The zero-order valence-electron chi connectivity index (χ0n) is 11.7. The Hall–Kier alpha value is -1.76. The van der Waals surface area contributed by atoms with Gasteiger partial charge in [0.1, 0.15) is 5.56 Å². The van der Waals surface area contributed by atoms with Gasteiger partial charge in [-0.3, -0.25) is 4.79 Å². The first kappa shape index (κ1) is 15.6. The molecule has 1 saturated carbocycles. The van der Waals surface area contributed by atoms with Gasteiger partial charge in [0.25, 0.3) is 12.3 Å². The fourth-order valence-electron chi connectivity index (χ4n) is 2.01. The molecule has 1 N–H and O–H groups in total. The highest BCUT2D eigenvalue weighted by atomic mass is 19.3. The molecule has 1 aromatic rings. The van der Waals surface area contributed by atoms with Crippen molar-refractivity contribution in [1.82, 2.24) is 9.88 Å². The summed E-state index contributed by atoms with van der Waals surface area (Å²) in [5.74, 6) is -0.272. The Morgan fingerprint density at radius 2 is 2.29 bits per heavy atom. The van der Waals surface area contributed by atoms with E-state index in [1.54, 1.807) is 7.05 Å². The van der Waals surface area contributed by atoms with Gasteiger partial charge in [-0.1, -0.05) is 0 Å². The molecule has 21 heavy (non-hydrogen) atoms. The van der Waals surface area contributed by atoms with Crippen LogP contribution in [0.25, 0.3) is 0 Å². The van der Waals surface area contributed by atoms with Gasteiger partial charge in [-0.2, -0.15) is 0 Å². The van der Waals surface area contributed by atoms with Crippen molar-refractivity contribution in [3.63, 3.8) is 0 Å². The van der Waals surface area contributed by atoms with Crippen LogP contribution in [-0.2, 0) is 0 Å². The topological polar surface area (TPSA) is 62.7 Å². The number of nitrogens with zero attached hydrogens (tertiary/aromatic N) is 2. The van der Waals surface area contributed by atoms with Gasteiger partial charge in [-0.25, -0.2) is 13.8 Å². The van der Waals surface area contributed by atoms with Crippen LogP contribution >= 0.6 is 0 Å². The molecule has 5 nitrogen and oxygen atoms in total. The van der Waals surface area contributed by atoms with E-state index < -0.39 is 25.0 Å². The summed E-state index contributed by atoms with van der Waals surface area (Å²) in [5.41, 5.74) is 0.114. The first-order valence-corrected chi connectivity index (χ1v) is 6.78. The Morgan fingerprint density at radius 1 is 1.57 bits per heavy atom. The van der Waals surface area contributed by atoms with Crippen molar-refractivity contribution in [2.75, 3.05) is 20.2 Å². The number of hydrogen-bond donors (Lipinski definition) is 1. The number of amides is 1. The summed E-state index contributed by atoms with van der Waals surface area (Å²) in [6, 6.07) is 3.00. The minimum Gasteiger partial charge on any atom is -0.471 e. The highest BCUT2D eigenvalue weighted by Crippen LogP contribution is 2.33. The van der Waals surface area contributed by atoms with E-state index in [0.717, 1.165) is 12.8 Å². The van der Waals surface area contributed by atoms with Gasteiger partial charge >= 0.3 is 0 Å². The summed E-state index contributed by atoms with van der Waals surface area (Å²) in [5, 5.41) is 9.86. The number of rotatable bonds is 7. The summed E-state index contributed by atoms with van der Waals surface area (Å²) in [4.78, 5) is 17.5. The molecule has 1 aromatic heterocycles. The average Bonchev–Trinajstić information content (AvgIpc) is 3.29. The SMILES string of the molecule is CN(CC(O)C1CC1)C(=O)c1cccnc1OCC(F)F. The number of aliphatic hydroxyl groups is 1. The smallest absolute Gasteiger partial charge is 0.272 e. The predicted molar refractivity (Wildman–Crippen MR) is 71.4 cm³/mol. The number of aromatic nitrogens is 1. The number of likely N-dealkylation sites (N-methyl/N-ethyl adjacent to an activating group) is 1. The number of pyridine rings is 1. The van der Waals surface area contributed by atoms with E-state index in [-0.39, 0.29) is 23.9 Å². The lowest BCUT2D eigenvalue weighted by molar-refractivity contribution is 0.0620. The molecule has 1 heterocycles. The molecule has 0 spiro atoms. The lowest BCUT2D eigenvalue weighted by Crippen LogP contribution is -2.35. The number of ether oxygens (including phenoxy) is 1. The minimum absolute atomic E-state index is 0.114. The summed E-state index contributed by atoms with van der Waals surface area (Å²) >= 11 is 0. The number of carbonyl (C=O) groups excluding carboxylic acids is 1. The molecule has 1 atom stereocenters. The minimum atomic E-state index is -2.63. The largest absolute Gasteiger partial charge is 0.471 e. The standard InChI is InChI=1S/C14H18F2N2O3/c1-18(7-11(19)9-4-5-9)14(20)10-3-2-6-17-13(10)21-8-12(15)16/h2-3,6,9,11-12,19H,4-5,7-8H2,1H3. The van der Waals surface area contributed by atoms with E-state index in [2.05, 4.69) is 4.98 Å². The average molecular weight is 300 g/mol. The van der Waals surface area contributed by atoms with Gasteiger partial charge in [0.2, 0.25) is 5.88 Å². The Morgan fingerprint density at radius 3 is 2.90 bits per heavy atom. The molecule has 1 aliphatic carbocycles. The van der Waals surface area contributed by atoms with E-state index >= 15 is 0 Å². The predicted octanol–water partition coefficient (Wildman–Crippen LogP) is 1.57. The molecule has 0 aliphatic heterocycles. The van der Waals surface area contributed by atoms with Crippen molar-refractivity contribution in [3.8, 4) is 5.88 Å². The first-order chi connectivity index (χ1) is 9.99. The summed E-state index contributed by atoms with van der Waals surface area (Å²) in [6.07, 6.45) is 0.124. The molecule has 2 rings (SSSR count). The van der Waals surface area contributed by atoms with Crippen molar-refractivity contribution >= 4 is 5.91 Å². The van der Waals surface area contributed by atoms with E-state index in [1.807, 2.05) is 0 Å². The molecule has 0 bridgehead atoms. The summed E-state index contributed by atoms with van der Waals surface area (Å²) in [6.45, 7) is -0.613. The first-order valence-electron chi connectivity index (χ1n) is 6.78. The van der Waals surface area contributed by atoms with Crippen LogP contribution in [-0.4, -0.2) is 53.6 Å². The number of halogens is 2. The molecule has 1 fully saturated rings. The maximum absolute atomic E-state index is 12.3. The molecular formula is C14H18F2N2O3. The van der Waals surface area contributed by atoms with Gasteiger partial charge in [0, 0.05) is 19.8 Å². The fourth-order valence-corrected chi connectivity index (χ4v) is 2.01. The van der Waals surface area contributed by atoms with Crippen LogP contribution in [0.3, 0.4) is 0 Å². The van der Waals surface area contributed by atoms with Crippen molar-refractivity contribution < 1.29 is 23.4 Å². The zero-order chi connectivity index (χ0) is 15.4. The maximum atomic E-state index is 12.3. The van der Waals surface area contributed by atoms with Crippen LogP contribution in [0.1, 0.15) is 23.2 Å². The Balaban J connectivity index is 2.03. The van der Waals surface area contributed by atoms with Crippen LogP contribution in [0.4, 0.5) is 8.78 Å². The third kappa shape index (κ3) is 4.35. The highest BCUT2D eigenvalue weighted by molar-refractivity contribution is 5.96. The van der Waals surface area contributed by atoms with Crippen molar-refractivity contribution in [2.45, 2.75) is 25.4 Å². The normalized spacial score (nSPS) is 15.9. The molecule has 1 amide bonds. The molecule has 1 aliphatic rings. The monoisotopic (exact) mass is 300 g/mol. The molecule has 0 aromatic carbocycles. The Bertz CT molecular complexity index is 495. The van der Waals surface area contributed by atoms with Gasteiger partial charge in [0.15, 0.2) is 6.61 Å².